The Morgan fingerprint density at radius 1 is 1.15 bits per heavy atom. The third kappa shape index (κ3) is 2.04. The van der Waals surface area contributed by atoms with Crippen LogP contribution in [0.5, 0.6) is 0 Å². The molecule has 0 saturated heterocycles. The smallest absolute Gasteiger partial charge is 0.141 e. The number of aryl methyl sites for hydroxylation is 1. The van der Waals surface area contributed by atoms with E-state index in [1.54, 1.807) is 4.68 Å². The summed E-state index contributed by atoms with van der Waals surface area (Å²) in [5.41, 5.74) is 7.95. The molecule has 2 N–H and O–H groups in total. The Balaban J connectivity index is 2.07. The lowest BCUT2D eigenvalue weighted by Gasteiger charge is -2.15. The van der Waals surface area contributed by atoms with Crippen LogP contribution in [0.15, 0.2) is 42.5 Å². The van der Waals surface area contributed by atoms with Crippen LogP contribution < -0.4 is 5.73 Å². The van der Waals surface area contributed by atoms with Crippen LogP contribution in [0.3, 0.4) is 0 Å². The second-order valence-corrected chi connectivity index (χ2v) is 5.39. The molecule has 0 aliphatic rings. The van der Waals surface area contributed by atoms with Crippen LogP contribution >= 0.6 is 11.6 Å². The minimum absolute atomic E-state index is 0.0470. The summed E-state index contributed by atoms with van der Waals surface area (Å²) in [5.74, 6) is 0.518. The van der Waals surface area contributed by atoms with Gasteiger partial charge in [-0.25, -0.2) is 4.68 Å². The number of nitrogens with zero attached hydrogens (tertiary/aromatic N) is 2. The highest BCUT2D eigenvalue weighted by Gasteiger charge is 2.16. The van der Waals surface area contributed by atoms with E-state index in [9.17, 15) is 0 Å². The van der Waals surface area contributed by atoms with Gasteiger partial charge in [-0.15, -0.1) is 0 Å². The number of hydrogen-bond acceptors (Lipinski definition) is 2. The third-order valence-corrected chi connectivity index (χ3v) is 4.14. The highest BCUT2D eigenvalue weighted by Crippen LogP contribution is 2.29. The fraction of sp³-hybridized carbons (Fsp3) is 0.188. The van der Waals surface area contributed by atoms with Crippen LogP contribution in [-0.4, -0.2) is 9.78 Å². The predicted octanol–water partition coefficient (Wildman–Crippen LogP) is 4.19. The van der Waals surface area contributed by atoms with Crippen LogP contribution in [0.25, 0.3) is 10.8 Å². The van der Waals surface area contributed by atoms with Gasteiger partial charge < -0.3 is 5.73 Å². The normalized spacial score (nSPS) is 12.8. The van der Waals surface area contributed by atoms with Crippen molar-refractivity contribution in [3.05, 3.63) is 58.7 Å². The topological polar surface area (TPSA) is 43.8 Å². The number of anilines is 1. The van der Waals surface area contributed by atoms with Gasteiger partial charge in [0.05, 0.1) is 11.7 Å². The van der Waals surface area contributed by atoms with Crippen molar-refractivity contribution in [1.29, 1.82) is 0 Å². The summed E-state index contributed by atoms with van der Waals surface area (Å²) in [5, 5.41) is 7.41. The molecule has 0 spiro atoms. The Morgan fingerprint density at radius 3 is 2.50 bits per heavy atom. The minimum Gasteiger partial charge on any atom is -0.383 e. The molecular weight excluding hydrogens is 270 g/mol. The molecule has 1 atom stereocenters. The van der Waals surface area contributed by atoms with Crippen molar-refractivity contribution in [2.75, 3.05) is 5.73 Å². The number of nitrogen functional groups attached to an aromatic ring is 1. The van der Waals surface area contributed by atoms with E-state index < -0.39 is 0 Å². The van der Waals surface area contributed by atoms with Crippen LogP contribution in [-0.2, 0) is 0 Å². The lowest BCUT2D eigenvalue weighted by atomic mass is 10.0. The summed E-state index contributed by atoms with van der Waals surface area (Å²) in [4.78, 5) is 0. The highest BCUT2D eigenvalue weighted by atomic mass is 35.5. The van der Waals surface area contributed by atoms with Crippen LogP contribution in [0.4, 0.5) is 5.82 Å². The number of fused-ring (bicyclic) bond motifs is 1. The molecule has 1 unspecified atom stereocenters. The maximum Gasteiger partial charge on any atom is 0.141 e. The molecule has 102 valence electrons. The Labute approximate surface area is 123 Å². The Kier molecular flexibility index (Phi) is 3.14. The first-order valence-electron chi connectivity index (χ1n) is 6.56. The van der Waals surface area contributed by atoms with Gasteiger partial charge in [-0.05, 0) is 36.2 Å². The summed E-state index contributed by atoms with van der Waals surface area (Å²) in [6.07, 6.45) is 0. The molecule has 1 aromatic heterocycles. The number of nitrogens with two attached hydrogens (primary N) is 1. The third-order valence-electron chi connectivity index (χ3n) is 3.67. The molecule has 3 aromatic rings. The fourth-order valence-corrected chi connectivity index (χ4v) is 2.57. The van der Waals surface area contributed by atoms with Gasteiger partial charge in [0.15, 0.2) is 0 Å². The Bertz CT molecular complexity index is 776. The summed E-state index contributed by atoms with van der Waals surface area (Å²) >= 11 is 6.12. The van der Waals surface area contributed by atoms with Crippen molar-refractivity contribution in [2.24, 2.45) is 0 Å². The molecule has 2 aromatic carbocycles. The van der Waals surface area contributed by atoms with Crippen molar-refractivity contribution in [2.45, 2.75) is 19.9 Å². The average Bonchev–Trinajstić information content (AvgIpc) is 2.73. The number of benzene rings is 2. The molecular formula is C16H16ClN3. The zero-order chi connectivity index (χ0) is 14.3. The molecule has 0 aliphatic carbocycles. The first-order valence-corrected chi connectivity index (χ1v) is 6.94. The van der Waals surface area contributed by atoms with Gasteiger partial charge in [-0.3, -0.25) is 0 Å². The quantitative estimate of drug-likeness (QED) is 0.767. The first-order chi connectivity index (χ1) is 9.58. The maximum absolute atomic E-state index is 6.12. The molecule has 4 heteroatoms. The zero-order valence-electron chi connectivity index (χ0n) is 11.5. The predicted molar refractivity (Wildman–Crippen MR) is 84.1 cm³/mol. The van der Waals surface area contributed by atoms with E-state index in [0.29, 0.717) is 10.8 Å². The van der Waals surface area contributed by atoms with E-state index in [1.165, 1.54) is 10.8 Å². The van der Waals surface area contributed by atoms with Crippen molar-refractivity contribution in [3.63, 3.8) is 0 Å². The standard InChI is InChI=1S/C16H16ClN3/c1-10-15(17)16(18)20(19-10)11(2)13-8-7-12-5-3-4-6-14(12)9-13/h3-9,11H,18H2,1-2H3. The van der Waals surface area contributed by atoms with E-state index in [-0.39, 0.29) is 6.04 Å². The zero-order valence-corrected chi connectivity index (χ0v) is 12.2. The highest BCUT2D eigenvalue weighted by molar-refractivity contribution is 6.33. The van der Waals surface area contributed by atoms with Gasteiger partial charge in [-0.1, -0.05) is 48.0 Å². The van der Waals surface area contributed by atoms with Gasteiger partial charge in [0.2, 0.25) is 0 Å². The number of halogens is 1. The van der Waals surface area contributed by atoms with Gasteiger partial charge in [0, 0.05) is 0 Å². The molecule has 20 heavy (non-hydrogen) atoms. The summed E-state index contributed by atoms with van der Waals surface area (Å²) < 4.78 is 1.78. The summed E-state index contributed by atoms with van der Waals surface area (Å²) in [6, 6.07) is 14.7. The second kappa shape index (κ2) is 4.84. The largest absolute Gasteiger partial charge is 0.383 e. The van der Waals surface area contributed by atoms with Gasteiger partial charge in [0.25, 0.3) is 0 Å². The van der Waals surface area contributed by atoms with Gasteiger partial charge in [-0.2, -0.15) is 5.10 Å². The number of aromatic nitrogens is 2. The second-order valence-electron chi connectivity index (χ2n) is 5.01. The molecule has 0 amide bonds. The van der Waals surface area contributed by atoms with Crippen LogP contribution in [0.2, 0.25) is 5.02 Å². The summed E-state index contributed by atoms with van der Waals surface area (Å²) in [6.45, 7) is 3.94. The van der Waals surface area contributed by atoms with E-state index in [1.807, 2.05) is 19.1 Å². The minimum atomic E-state index is 0.0470. The number of rotatable bonds is 2. The molecule has 0 radical (unpaired) electrons. The summed E-state index contributed by atoms with van der Waals surface area (Å²) in [7, 11) is 0. The molecule has 3 rings (SSSR count). The SMILES string of the molecule is Cc1nn(C(C)c2ccc3ccccc3c2)c(N)c1Cl. The van der Waals surface area contributed by atoms with Crippen LogP contribution in [0, 0.1) is 6.92 Å². The monoisotopic (exact) mass is 285 g/mol. The van der Waals surface area contributed by atoms with E-state index in [0.717, 1.165) is 11.3 Å². The lowest BCUT2D eigenvalue weighted by Crippen LogP contribution is -2.11. The van der Waals surface area contributed by atoms with E-state index in [4.69, 9.17) is 17.3 Å². The fourth-order valence-electron chi connectivity index (χ4n) is 2.45. The Morgan fingerprint density at radius 2 is 1.85 bits per heavy atom. The molecule has 0 fully saturated rings. The molecule has 0 bridgehead atoms. The lowest BCUT2D eigenvalue weighted by molar-refractivity contribution is 0.569. The number of hydrogen-bond donors (Lipinski definition) is 1. The molecule has 3 nitrogen and oxygen atoms in total. The molecule has 0 aliphatic heterocycles. The van der Waals surface area contributed by atoms with Gasteiger partial charge >= 0.3 is 0 Å². The van der Waals surface area contributed by atoms with Gasteiger partial charge in [0.1, 0.15) is 10.8 Å². The van der Waals surface area contributed by atoms with Crippen molar-refractivity contribution in [1.82, 2.24) is 9.78 Å². The van der Waals surface area contributed by atoms with Crippen molar-refractivity contribution >= 4 is 28.2 Å². The maximum atomic E-state index is 6.12. The van der Waals surface area contributed by atoms with Crippen molar-refractivity contribution in [3.8, 4) is 0 Å². The Hall–Kier alpha value is -2.00. The van der Waals surface area contributed by atoms with E-state index in [2.05, 4.69) is 42.4 Å². The van der Waals surface area contributed by atoms with Crippen molar-refractivity contribution < 1.29 is 0 Å². The van der Waals surface area contributed by atoms with Crippen LogP contribution in [0.1, 0.15) is 24.2 Å². The first kappa shape index (κ1) is 13.0. The molecule has 0 saturated carbocycles. The average molecular weight is 286 g/mol. The van der Waals surface area contributed by atoms with E-state index >= 15 is 0 Å². The molecule has 1 heterocycles.